The van der Waals surface area contributed by atoms with Gasteiger partial charge in [-0.25, -0.2) is 0 Å². The van der Waals surface area contributed by atoms with E-state index in [1.165, 1.54) is 18.4 Å². The van der Waals surface area contributed by atoms with E-state index in [2.05, 4.69) is 34.2 Å². The molecule has 0 spiro atoms. The lowest BCUT2D eigenvalue weighted by molar-refractivity contribution is 0.623. The molecule has 1 saturated carbocycles. The number of halogens is 1. The number of hydrogen-bond acceptors (Lipinski definition) is 2. The zero-order valence-electron chi connectivity index (χ0n) is 8.96. The second-order valence-corrected chi connectivity index (χ2v) is 5.10. The van der Waals surface area contributed by atoms with Crippen LogP contribution < -0.4 is 11.1 Å². The molecular weight excluding hydrogens is 252 g/mol. The SMILES string of the molecule is CCC1CC1NCc1ccc(Br)c(N)c1. The fourth-order valence-electron chi connectivity index (χ4n) is 1.90. The third-order valence-corrected chi connectivity index (χ3v) is 3.80. The summed E-state index contributed by atoms with van der Waals surface area (Å²) in [5.41, 5.74) is 7.90. The van der Waals surface area contributed by atoms with E-state index in [-0.39, 0.29) is 0 Å². The topological polar surface area (TPSA) is 38.0 Å². The molecule has 0 amide bonds. The number of nitrogens with one attached hydrogen (secondary N) is 1. The molecule has 82 valence electrons. The van der Waals surface area contributed by atoms with Gasteiger partial charge in [-0.05, 0) is 46.0 Å². The predicted molar refractivity (Wildman–Crippen MR) is 67.6 cm³/mol. The summed E-state index contributed by atoms with van der Waals surface area (Å²) >= 11 is 3.40. The first-order valence-electron chi connectivity index (χ1n) is 5.48. The Bertz CT molecular complexity index is 351. The molecule has 3 N–H and O–H groups in total. The molecule has 2 atom stereocenters. The largest absolute Gasteiger partial charge is 0.398 e. The van der Waals surface area contributed by atoms with Crippen LogP contribution in [0.25, 0.3) is 0 Å². The number of anilines is 1. The third-order valence-electron chi connectivity index (χ3n) is 3.08. The van der Waals surface area contributed by atoms with Gasteiger partial charge in [0.25, 0.3) is 0 Å². The zero-order valence-corrected chi connectivity index (χ0v) is 10.5. The lowest BCUT2D eigenvalue weighted by Crippen LogP contribution is -2.17. The zero-order chi connectivity index (χ0) is 10.8. The highest BCUT2D eigenvalue weighted by Gasteiger charge is 2.34. The summed E-state index contributed by atoms with van der Waals surface area (Å²) in [6.45, 7) is 3.18. The van der Waals surface area contributed by atoms with Gasteiger partial charge in [0.15, 0.2) is 0 Å². The van der Waals surface area contributed by atoms with Gasteiger partial charge in [0, 0.05) is 22.7 Å². The van der Waals surface area contributed by atoms with Crippen LogP contribution in [0.1, 0.15) is 25.3 Å². The van der Waals surface area contributed by atoms with E-state index in [0.717, 1.165) is 28.7 Å². The Balaban J connectivity index is 1.86. The molecule has 0 radical (unpaired) electrons. The van der Waals surface area contributed by atoms with Crippen LogP contribution in [-0.2, 0) is 6.54 Å². The molecule has 0 saturated heterocycles. The van der Waals surface area contributed by atoms with Crippen molar-refractivity contribution < 1.29 is 0 Å². The summed E-state index contributed by atoms with van der Waals surface area (Å²) in [6.07, 6.45) is 2.63. The van der Waals surface area contributed by atoms with Gasteiger partial charge in [-0.2, -0.15) is 0 Å². The first-order chi connectivity index (χ1) is 7.20. The van der Waals surface area contributed by atoms with Crippen molar-refractivity contribution >= 4 is 21.6 Å². The van der Waals surface area contributed by atoms with Crippen molar-refractivity contribution in [3.63, 3.8) is 0 Å². The molecule has 0 aromatic heterocycles. The minimum absolute atomic E-state index is 0.736. The second-order valence-electron chi connectivity index (χ2n) is 4.25. The summed E-state index contributed by atoms with van der Waals surface area (Å²) in [7, 11) is 0. The van der Waals surface area contributed by atoms with Crippen LogP contribution in [0.15, 0.2) is 22.7 Å². The van der Waals surface area contributed by atoms with Crippen LogP contribution in [0, 0.1) is 5.92 Å². The van der Waals surface area contributed by atoms with E-state index in [1.807, 2.05) is 12.1 Å². The molecule has 3 heteroatoms. The van der Waals surface area contributed by atoms with Gasteiger partial charge in [-0.1, -0.05) is 19.4 Å². The first-order valence-corrected chi connectivity index (χ1v) is 6.27. The van der Waals surface area contributed by atoms with E-state index in [4.69, 9.17) is 5.73 Å². The minimum atomic E-state index is 0.736. The maximum atomic E-state index is 5.82. The normalized spacial score (nSPS) is 24.1. The predicted octanol–water partition coefficient (Wildman–Crippen LogP) is 2.92. The van der Waals surface area contributed by atoms with Crippen LogP contribution in [0.5, 0.6) is 0 Å². The van der Waals surface area contributed by atoms with Crippen molar-refractivity contribution in [2.24, 2.45) is 5.92 Å². The summed E-state index contributed by atoms with van der Waals surface area (Å²) in [4.78, 5) is 0. The van der Waals surface area contributed by atoms with Gasteiger partial charge in [0.05, 0.1) is 0 Å². The highest BCUT2D eigenvalue weighted by Crippen LogP contribution is 2.33. The molecule has 2 rings (SSSR count). The van der Waals surface area contributed by atoms with E-state index in [9.17, 15) is 0 Å². The van der Waals surface area contributed by atoms with Crippen molar-refractivity contribution in [1.82, 2.24) is 5.32 Å². The average Bonchev–Trinajstić information content (AvgIpc) is 2.98. The number of nitrogens with two attached hydrogens (primary N) is 1. The van der Waals surface area contributed by atoms with Gasteiger partial charge < -0.3 is 11.1 Å². The molecule has 0 aliphatic heterocycles. The number of hydrogen-bond donors (Lipinski definition) is 2. The molecule has 2 unspecified atom stereocenters. The lowest BCUT2D eigenvalue weighted by Gasteiger charge is -2.06. The van der Waals surface area contributed by atoms with E-state index in [1.54, 1.807) is 0 Å². The fourth-order valence-corrected chi connectivity index (χ4v) is 2.15. The van der Waals surface area contributed by atoms with Crippen LogP contribution >= 0.6 is 15.9 Å². The smallest absolute Gasteiger partial charge is 0.0461 e. The van der Waals surface area contributed by atoms with Gasteiger partial charge in [-0.15, -0.1) is 0 Å². The Labute approximate surface area is 99.4 Å². The summed E-state index contributed by atoms with van der Waals surface area (Å²) in [6, 6.07) is 6.88. The van der Waals surface area contributed by atoms with E-state index >= 15 is 0 Å². The maximum Gasteiger partial charge on any atom is 0.0461 e. The Morgan fingerprint density at radius 2 is 2.33 bits per heavy atom. The van der Waals surface area contributed by atoms with Gasteiger partial charge in [-0.3, -0.25) is 0 Å². The van der Waals surface area contributed by atoms with Gasteiger partial charge in [0.1, 0.15) is 0 Å². The van der Waals surface area contributed by atoms with Crippen molar-refractivity contribution in [2.75, 3.05) is 5.73 Å². The molecule has 0 heterocycles. The van der Waals surface area contributed by atoms with Gasteiger partial charge in [0.2, 0.25) is 0 Å². The van der Waals surface area contributed by atoms with Crippen LogP contribution in [0.3, 0.4) is 0 Å². The van der Waals surface area contributed by atoms with E-state index in [0.29, 0.717) is 0 Å². The van der Waals surface area contributed by atoms with Gasteiger partial charge >= 0.3 is 0 Å². The Morgan fingerprint density at radius 3 is 2.93 bits per heavy atom. The van der Waals surface area contributed by atoms with Crippen molar-refractivity contribution in [1.29, 1.82) is 0 Å². The molecule has 1 fully saturated rings. The Kier molecular flexibility index (Phi) is 3.32. The quantitative estimate of drug-likeness (QED) is 0.825. The third kappa shape index (κ3) is 2.73. The van der Waals surface area contributed by atoms with Crippen molar-refractivity contribution in [2.45, 2.75) is 32.4 Å². The summed E-state index contributed by atoms with van der Waals surface area (Å²) in [5.74, 6) is 0.901. The summed E-state index contributed by atoms with van der Waals surface area (Å²) < 4.78 is 0.976. The van der Waals surface area contributed by atoms with Crippen LogP contribution in [-0.4, -0.2) is 6.04 Å². The molecule has 1 aromatic carbocycles. The second kappa shape index (κ2) is 4.54. The molecule has 1 aliphatic rings. The fraction of sp³-hybridized carbons (Fsp3) is 0.500. The van der Waals surface area contributed by atoms with Crippen LogP contribution in [0.2, 0.25) is 0 Å². The first kappa shape index (κ1) is 11.0. The number of benzene rings is 1. The molecule has 0 bridgehead atoms. The molecule has 2 nitrogen and oxygen atoms in total. The van der Waals surface area contributed by atoms with Crippen molar-refractivity contribution in [3.05, 3.63) is 28.2 Å². The summed E-state index contributed by atoms with van der Waals surface area (Å²) in [5, 5.41) is 3.55. The van der Waals surface area contributed by atoms with Crippen molar-refractivity contribution in [3.8, 4) is 0 Å². The van der Waals surface area contributed by atoms with Crippen LogP contribution in [0.4, 0.5) is 5.69 Å². The highest BCUT2D eigenvalue weighted by atomic mass is 79.9. The maximum absolute atomic E-state index is 5.82. The average molecular weight is 269 g/mol. The number of nitrogen functional groups attached to an aromatic ring is 1. The molecule has 1 aromatic rings. The standard InChI is InChI=1S/C12H17BrN2/c1-2-9-6-12(9)15-7-8-3-4-10(13)11(14)5-8/h3-5,9,12,15H,2,6-7,14H2,1H3. The minimum Gasteiger partial charge on any atom is -0.398 e. The van der Waals surface area contributed by atoms with E-state index < -0.39 is 0 Å². The molecular formula is C12H17BrN2. The monoisotopic (exact) mass is 268 g/mol. The Morgan fingerprint density at radius 1 is 1.53 bits per heavy atom. The Hall–Kier alpha value is -0.540. The highest BCUT2D eigenvalue weighted by molar-refractivity contribution is 9.10. The lowest BCUT2D eigenvalue weighted by atomic mass is 10.2. The number of rotatable bonds is 4. The molecule has 15 heavy (non-hydrogen) atoms. The molecule has 1 aliphatic carbocycles.